The van der Waals surface area contributed by atoms with Crippen LogP contribution in [-0.2, 0) is 0 Å². The van der Waals surface area contributed by atoms with E-state index in [1.54, 1.807) is 0 Å². The lowest BCUT2D eigenvalue weighted by atomic mass is 9.97. The quantitative estimate of drug-likeness (QED) is 0.115. The number of rotatable bonds is 13. The van der Waals surface area contributed by atoms with Crippen LogP contribution in [0, 0.1) is 13.8 Å². The van der Waals surface area contributed by atoms with E-state index in [1.165, 1.54) is 5.56 Å². The van der Waals surface area contributed by atoms with Crippen LogP contribution >= 0.6 is 0 Å². The summed E-state index contributed by atoms with van der Waals surface area (Å²) in [6, 6.07) is 122. The maximum Gasteiger partial charge on any atom is 0.143 e. The average Bonchev–Trinajstić information content (AvgIpc) is 1.53. The predicted octanol–water partition coefficient (Wildman–Crippen LogP) is 26.3. The smallest absolute Gasteiger partial charge is 0.143 e. The summed E-state index contributed by atoms with van der Waals surface area (Å²) in [6.07, 6.45) is 0. The van der Waals surface area contributed by atoms with Gasteiger partial charge in [0.15, 0.2) is 0 Å². The highest BCUT2D eigenvalue weighted by atomic mass is 16.3. The molecule has 454 valence electrons. The van der Waals surface area contributed by atoms with E-state index in [0.717, 1.165) is 172 Å². The number of benzene rings is 16. The van der Waals surface area contributed by atoms with Crippen LogP contribution in [0.3, 0.4) is 0 Å². The first kappa shape index (κ1) is 56.1. The lowest BCUT2D eigenvalue weighted by Crippen LogP contribution is -2.12. The molecule has 6 heteroatoms. The molecule has 0 aliphatic carbocycles. The van der Waals surface area contributed by atoms with Gasteiger partial charge in [-0.1, -0.05) is 224 Å². The molecular formula is C90H62N4O2. The highest BCUT2D eigenvalue weighted by Gasteiger charge is 2.28. The van der Waals surface area contributed by atoms with Crippen molar-refractivity contribution in [2.45, 2.75) is 13.8 Å². The SMILES string of the molecule is Cc1ccccc1N(c1ccccc1)c1cc2c3cc(N(c4ccccc4)c4ccc(-c5ccc(N(c6ccccc6)c6cc7c8cc(N(c9ccccc9)c9ccccc9)c9ccccc9c8oc7c7ccccc67)cc5)cc4C)c4ccccc4c3oc2c2ccccc12. The van der Waals surface area contributed by atoms with E-state index in [0.29, 0.717) is 0 Å². The zero-order valence-corrected chi connectivity index (χ0v) is 52.9. The number of nitrogens with zero attached hydrogens (tertiary/aromatic N) is 4. The fraction of sp³-hybridized carbons (Fsp3) is 0.0222. The van der Waals surface area contributed by atoms with E-state index in [-0.39, 0.29) is 0 Å². The van der Waals surface area contributed by atoms with Crippen LogP contribution < -0.4 is 19.6 Å². The fourth-order valence-electron chi connectivity index (χ4n) is 14.8. The second kappa shape index (κ2) is 23.2. The Morgan fingerprint density at radius 1 is 0.177 bits per heavy atom. The Bertz CT molecular complexity index is 5950. The molecule has 18 aromatic rings. The molecule has 0 amide bonds. The number of aryl methyl sites for hydroxylation is 2. The van der Waals surface area contributed by atoms with E-state index in [1.807, 2.05) is 0 Å². The average molecular weight is 1230 g/mol. The third-order valence-corrected chi connectivity index (χ3v) is 19.2. The predicted molar refractivity (Wildman–Crippen MR) is 405 cm³/mol. The fourth-order valence-corrected chi connectivity index (χ4v) is 14.8. The molecule has 6 nitrogen and oxygen atoms in total. The summed E-state index contributed by atoms with van der Waals surface area (Å²) in [6.45, 7) is 4.43. The second-order valence-corrected chi connectivity index (χ2v) is 24.8. The summed E-state index contributed by atoms with van der Waals surface area (Å²) in [5.74, 6) is 0. The minimum atomic E-state index is 0.863. The van der Waals surface area contributed by atoms with Crippen molar-refractivity contribution in [3.05, 3.63) is 351 Å². The van der Waals surface area contributed by atoms with Gasteiger partial charge in [-0.3, -0.25) is 0 Å². The topological polar surface area (TPSA) is 39.2 Å². The van der Waals surface area contributed by atoms with E-state index in [9.17, 15) is 0 Å². The Morgan fingerprint density at radius 3 is 0.771 bits per heavy atom. The van der Waals surface area contributed by atoms with Gasteiger partial charge in [-0.25, -0.2) is 0 Å². The molecule has 0 radical (unpaired) electrons. The first-order chi connectivity index (χ1) is 47.5. The van der Waals surface area contributed by atoms with Gasteiger partial charge in [0.2, 0.25) is 0 Å². The number of para-hydroxylation sites is 6. The van der Waals surface area contributed by atoms with Gasteiger partial charge in [-0.05, 0) is 151 Å². The van der Waals surface area contributed by atoms with Crippen molar-refractivity contribution in [1.82, 2.24) is 0 Å². The van der Waals surface area contributed by atoms with Crippen LogP contribution in [0.5, 0.6) is 0 Å². The number of hydrogen-bond donors (Lipinski definition) is 0. The third-order valence-electron chi connectivity index (χ3n) is 19.2. The molecule has 0 saturated carbocycles. The first-order valence-electron chi connectivity index (χ1n) is 32.8. The number of furan rings is 2. The van der Waals surface area contributed by atoms with Gasteiger partial charge in [-0.2, -0.15) is 0 Å². The van der Waals surface area contributed by atoms with Crippen molar-refractivity contribution in [3.63, 3.8) is 0 Å². The lowest BCUT2D eigenvalue weighted by Gasteiger charge is -2.29. The second-order valence-electron chi connectivity index (χ2n) is 24.8. The van der Waals surface area contributed by atoms with Gasteiger partial charge in [0, 0.05) is 110 Å². The summed E-state index contributed by atoms with van der Waals surface area (Å²) in [4.78, 5) is 9.60. The van der Waals surface area contributed by atoms with Crippen LogP contribution in [-0.4, -0.2) is 0 Å². The molecule has 0 saturated heterocycles. The molecule has 0 N–H and O–H groups in total. The summed E-state index contributed by atoms with van der Waals surface area (Å²) < 4.78 is 14.4. The van der Waals surface area contributed by atoms with Crippen LogP contribution in [0.2, 0.25) is 0 Å². The van der Waals surface area contributed by atoms with Crippen LogP contribution in [0.1, 0.15) is 11.1 Å². The Labute approximate surface area is 556 Å². The number of anilines is 12. The Kier molecular flexibility index (Phi) is 13.6. The summed E-state index contributed by atoms with van der Waals surface area (Å²) in [5.41, 5.74) is 20.9. The van der Waals surface area contributed by atoms with Crippen molar-refractivity contribution in [2.24, 2.45) is 0 Å². The maximum absolute atomic E-state index is 7.21. The molecule has 0 aliphatic heterocycles. The normalized spacial score (nSPS) is 11.6. The zero-order chi connectivity index (χ0) is 63.8. The third kappa shape index (κ3) is 9.33. The van der Waals surface area contributed by atoms with Gasteiger partial charge in [0.05, 0.1) is 22.7 Å². The monoisotopic (exact) mass is 1230 g/mol. The standard InChI is InChI=1S/C90H62N4O2/c1-59-28-18-27-47-81(59)93(66-35-14-6-15-36-66)85-57-79-80-58-86(72-42-22-26-46-76(72)90(80)96-89(79)75-45-25-21-41-71(75)85)94(67-37-16-7-17-38-67)82-53-50-62(54-60(82)2)61-48-51-68(52-49-61)92(65-33-12-5-13-34-65)84-56-78-77-55-83(91(63-29-8-3-9-30-63)64-31-10-4-11-32-64)69-39-19-23-43-73(69)87(77)95-88(78)74-44-24-20-40-70(74)84/h3-58H,1-2H3. The molecule has 18 rings (SSSR count). The Balaban J connectivity index is 0.765. The maximum atomic E-state index is 7.21. The molecule has 0 aliphatic rings. The highest BCUT2D eigenvalue weighted by Crippen LogP contribution is 2.52. The molecule has 96 heavy (non-hydrogen) atoms. The van der Waals surface area contributed by atoms with E-state index < -0.39 is 0 Å². The van der Waals surface area contributed by atoms with Crippen molar-refractivity contribution in [3.8, 4) is 11.1 Å². The van der Waals surface area contributed by atoms with Crippen molar-refractivity contribution < 1.29 is 8.83 Å². The van der Waals surface area contributed by atoms with Crippen molar-refractivity contribution in [1.29, 1.82) is 0 Å². The van der Waals surface area contributed by atoms with Gasteiger partial charge >= 0.3 is 0 Å². The van der Waals surface area contributed by atoms with Crippen LogP contribution in [0.4, 0.5) is 68.2 Å². The molecule has 0 bridgehead atoms. The lowest BCUT2D eigenvalue weighted by molar-refractivity contribution is 0.676. The van der Waals surface area contributed by atoms with E-state index in [2.05, 4.69) is 373 Å². The van der Waals surface area contributed by atoms with Gasteiger partial charge < -0.3 is 28.4 Å². The molecule has 2 aromatic heterocycles. The highest BCUT2D eigenvalue weighted by molar-refractivity contribution is 6.27. The molecule has 2 heterocycles. The van der Waals surface area contributed by atoms with Crippen LogP contribution in [0.15, 0.2) is 349 Å². The van der Waals surface area contributed by atoms with Crippen molar-refractivity contribution >= 4 is 155 Å². The van der Waals surface area contributed by atoms with Crippen LogP contribution in [0.25, 0.3) is 98.1 Å². The zero-order valence-electron chi connectivity index (χ0n) is 52.9. The Hall–Kier alpha value is -12.6. The van der Waals surface area contributed by atoms with E-state index in [4.69, 9.17) is 8.83 Å². The van der Waals surface area contributed by atoms with E-state index >= 15 is 0 Å². The molecule has 0 atom stereocenters. The largest absolute Gasteiger partial charge is 0.455 e. The molecule has 0 spiro atoms. The Morgan fingerprint density at radius 2 is 0.438 bits per heavy atom. The van der Waals surface area contributed by atoms with Crippen molar-refractivity contribution in [2.75, 3.05) is 19.6 Å². The first-order valence-corrected chi connectivity index (χ1v) is 32.8. The summed E-state index contributed by atoms with van der Waals surface area (Å²) >= 11 is 0. The minimum Gasteiger partial charge on any atom is -0.455 e. The summed E-state index contributed by atoms with van der Waals surface area (Å²) in [5, 5.41) is 12.8. The van der Waals surface area contributed by atoms with Gasteiger partial charge in [-0.15, -0.1) is 0 Å². The van der Waals surface area contributed by atoms with Gasteiger partial charge in [0.25, 0.3) is 0 Å². The minimum absolute atomic E-state index is 0.863. The number of fused-ring (bicyclic) bond motifs is 14. The molecule has 16 aromatic carbocycles. The van der Waals surface area contributed by atoms with Gasteiger partial charge in [0.1, 0.15) is 22.3 Å². The number of hydrogen-bond acceptors (Lipinski definition) is 6. The molecule has 0 fully saturated rings. The molecule has 0 unspecified atom stereocenters. The summed E-state index contributed by atoms with van der Waals surface area (Å²) in [7, 11) is 0. The molecular weight excluding hydrogens is 1170 g/mol.